The molecule has 3 heteroatoms. The van der Waals surface area contributed by atoms with E-state index < -0.39 is 0 Å². The summed E-state index contributed by atoms with van der Waals surface area (Å²) >= 11 is 6.08. The molecule has 1 fully saturated rings. The first-order chi connectivity index (χ1) is 4.15. The predicted molar refractivity (Wildman–Crippen MR) is 44.4 cm³/mol. The molecule has 2 radical (unpaired) electrons. The van der Waals surface area contributed by atoms with E-state index in [-0.39, 0.29) is 28.1 Å². The van der Waals surface area contributed by atoms with Crippen LogP contribution in [0, 0.1) is 5.92 Å². The van der Waals surface area contributed by atoms with Gasteiger partial charge in [-0.3, -0.25) is 0 Å². The molecule has 0 aliphatic carbocycles. The number of hydrogen-bond donors (Lipinski definition) is 0. The van der Waals surface area contributed by atoms with Gasteiger partial charge in [-0.15, -0.1) is 0 Å². The monoisotopic (exact) mass is 172 g/mol. The summed E-state index contributed by atoms with van der Waals surface area (Å²) in [7, 11) is 0. The first-order valence-electron chi connectivity index (χ1n) is 3.48. The summed E-state index contributed by atoms with van der Waals surface area (Å²) in [5.41, 5.74) is 0. The first kappa shape index (κ1) is 11.0. The van der Waals surface area contributed by atoms with Crippen LogP contribution in [0.2, 0.25) is 0 Å². The van der Waals surface area contributed by atoms with Crippen LogP contribution in [0.15, 0.2) is 0 Å². The molecule has 0 saturated carbocycles. The van der Waals surface area contributed by atoms with Gasteiger partial charge in [0.1, 0.15) is 5.06 Å². The quantitative estimate of drug-likeness (QED) is 0.435. The second kappa shape index (κ2) is 4.14. The van der Waals surface area contributed by atoms with E-state index in [2.05, 4.69) is 13.8 Å². The maximum atomic E-state index is 6.08. The van der Waals surface area contributed by atoms with Crippen LogP contribution in [-0.4, -0.2) is 34.7 Å². The van der Waals surface area contributed by atoms with Crippen molar-refractivity contribution in [2.45, 2.75) is 31.7 Å². The van der Waals surface area contributed by atoms with Gasteiger partial charge >= 0.3 is 0 Å². The van der Waals surface area contributed by atoms with Crippen molar-refractivity contribution in [3.8, 4) is 0 Å². The molecule has 1 atom stereocenters. The summed E-state index contributed by atoms with van der Waals surface area (Å²) in [5.74, 6) is 0.432. The normalized spacial score (nSPS) is 32.4. The molecule has 1 aliphatic heterocycles. The van der Waals surface area contributed by atoms with Crippen LogP contribution < -0.4 is 0 Å². The van der Waals surface area contributed by atoms with Gasteiger partial charge in [0.2, 0.25) is 0 Å². The zero-order chi connectivity index (χ0) is 6.91. The van der Waals surface area contributed by atoms with Crippen LogP contribution in [0.25, 0.3) is 0 Å². The number of rotatable bonds is 1. The minimum absolute atomic E-state index is 0. The Bertz CT molecular complexity index is 99.8. The number of ether oxygens (including phenoxy) is 1. The fraction of sp³-hybridized carbons (Fsp3) is 1.00. The molecule has 1 aliphatic rings. The van der Waals surface area contributed by atoms with Crippen molar-refractivity contribution in [1.29, 1.82) is 0 Å². The van der Waals surface area contributed by atoms with Gasteiger partial charge in [0.25, 0.3) is 0 Å². The molecule has 1 heterocycles. The summed E-state index contributed by atoms with van der Waals surface area (Å²) in [6.07, 6.45) is 2.12. The van der Waals surface area contributed by atoms with Crippen molar-refractivity contribution in [3.05, 3.63) is 0 Å². The van der Waals surface area contributed by atoms with Gasteiger partial charge in [0, 0.05) is 29.7 Å². The van der Waals surface area contributed by atoms with Gasteiger partial charge in [-0.2, -0.15) is 0 Å². The molecule has 1 unspecified atom stereocenters. The molecule has 10 heavy (non-hydrogen) atoms. The highest BCUT2D eigenvalue weighted by molar-refractivity contribution is 6.23. The summed E-state index contributed by atoms with van der Waals surface area (Å²) in [5, 5.41) is -0.333. The van der Waals surface area contributed by atoms with Crippen LogP contribution in [0.5, 0.6) is 0 Å². The van der Waals surface area contributed by atoms with E-state index >= 15 is 0 Å². The molecular weight excluding hydrogens is 160 g/mol. The second-order valence-corrected chi connectivity index (χ2v) is 3.53. The third kappa shape index (κ3) is 2.26. The first-order valence-corrected chi connectivity index (χ1v) is 3.86. The minimum Gasteiger partial charge on any atom is -0.360 e. The molecule has 0 bridgehead atoms. The summed E-state index contributed by atoms with van der Waals surface area (Å²) < 4.78 is 5.37. The topological polar surface area (TPSA) is 9.23 Å². The molecule has 1 saturated heterocycles. The van der Waals surface area contributed by atoms with Gasteiger partial charge in [-0.1, -0.05) is 25.4 Å². The number of hydrogen-bond acceptors (Lipinski definition) is 1. The molecule has 0 N–H and O–H groups in total. The van der Waals surface area contributed by atoms with Crippen molar-refractivity contribution in [2.75, 3.05) is 6.61 Å². The molecule has 56 valence electrons. The summed E-state index contributed by atoms with van der Waals surface area (Å²) in [6, 6.07) is 0. The zero-order valence-electron chi connectivity index (χ0n) is 6.69. The molecule has 0 spiro atoms. The van der Waals surface area contributed by atoms with Crippen LogP contribution in [0.3, 0.4) is 0 Å². The number of halogens is 1. The Morgan fingerprint density at radius 1 is 1.50 bits per heavy atom. The Hall–Kier alpha value is 1.02. The van der Waals surface area contributed by atoms with E-state index in [0.29, 0.717) is 5.92 Å². The highest BCUT2D eigenvalue weighted by Crippen LogP contribution is 2.36. The van der Waals surface area contributed by atoms with Crippen LogP contribution in [-0.2, 0) is 4.74 Å². The standard InChI is InChI=1S/C7H13ClO.Mg/c1-6(2)7(8)4-3-5-9-7;/h6H,3-5H2,1-2H3;. The third-order valence-corrected chi connectivity index (χ3v) is 2.60. The lowest BCUT2D eigenvalue weighted by Crippen LogP contribution is -2.26. The molecular formula is C7H13ClMgO. The molecule has 0 aromatic carbocycles. The second-order valence-electron chi connectivity index (χ2n) is 2.89. The van der Waals surface area contributed by atoms with Crippen molar-refractivity contribution in [2.24, 2.45) is 5.92 Å². The fourth-order valence-electron chi connectivity index (χ4n) is 1.08. The predicted octanol–water partition coefficient (Wildman–Crippen LogP) is 2.01. The van der Waals surface area contributed by atoms with Crippen molar-refractivity contribution in [1.82, 2.24) is 0 Å². The molecule has 1 rings (SSSR count). The van der Waals surface area contributed by atoms with Crippen LogP contribution in [0.4, 0.5) is 0 Å². The average molecular weight is 173 g/mol. The van der Waals surface area contributed by atoms with Gasteiger partial charge < -0.3 is 4.74 Å². The Morgan fingerprint density at radius 2 is 2.10 bits per heavy atom. The van der Waals surface area contributed by atoms with Crippen LogP contribution in [0.1, 0.15) is 26.7 Å². The minimum atomic E-state index is -0.333. The molecule has 0 aromatic rings. The lowest BCUT2D eigenvalue weighted by Gasteiger charge is -2.24. The molecule has 0 amide bonds. The highest BCUT2D eigenvalue weighted by atomic mass is 35.5. The average Bonchev–Trinajstić information content (AvgIpc) is 2.16. The third-order valence-electron chi connectivity index (χ3n) is 1.87. The summed E-state index contributed by atoms with van der Waals surface area (Å²) in [6.45, 7) is 5.03. The Morgan fingerprint density at radius 3 is 2.30 bits per heavy atom. The van der Waals surface area contributed by atoms with Crippen molar-refractivity contribution < 1.29 is 4.74 Å². The van der Waals surface area contributed by atoms with Crippen molar-refractivity contribution >= 4 is 34.7 Å². The van der Waals surface area contributed by atoms with Gasteiger partial charge in [-0.25, -0.2) is 0 Å². The Balaban J connectivity index is 0.000000810. The fourth-order valence-corrected chi connectivity index (χ4v) is 1.29. The maximum absolute atomic E-state index is 6.08. The lowest BCUT2D eigenvalue weighted by molar-refractivity contribution is 0.0384. The maximum Gasteiger partial charge on any atom is 0.144 e. The van der Waals surface area contributed by atoms with E-state index in [9.17, 15) is 0 Å². The van der Waals surface area contributed by atoms with Crippen LogP contribution >= 0.6 is 11.6 Å². The van der Waals surface area contributed by atoms with E-state index in [4.69, 9.17) is 16.3 Å². The van der Waals surface area contributed by atoms with E-state index in [1.54, 1.807) is 0 Å². The molecule has 0 aromatic heterocycles. The Labute approximate surface area is 83.6 Å². The van der Waals surface area contributed by atoms with Gasteiger partial charge in [0.05, 0.1) is 0 Å². The Kier molecular flexibility index (Phi) is 4.57. The van der Waals surface area contributed by atoms with Gasteiger partial charge in [0.15, 0.2) is 0 Å². The zero-order valence-corrected chi connectivity index (χ0v) is 8.86. The smallest absolute Gasteiger partial charge is 0.144 e. The van der Waals surface area contributed by atoms with E-state index in [0.717, 1.165) is 19.4 Å². The SMILES string of the molecule is CC(C)C1(Cl)CCCO1.[Mg]. The largest absolute Gasteiger partial charge is 0.360 e. The van der Waals surface area contributed by atoms with E-state index in [1.807, 2.05) is 0 Å². The van der Waals surface area contributed by atoms with Crippen molar-refractivity contribution in [3.63, 3.8) is 0 Å². The van der Waals surface area contributed by atoms with Gasteiger partial charge in [-0.05, 0) is 18.8 Å². The van der Waals surface area contributed by atoms with E-state index in [1.165, 1.54) is 0 Å². The molecule has 1 nitrogen and oxygen atoms in total. The lowest BCUT2D eigenvalue weighted by atomic mass is 10.0. The number of alkyl halides is 1. The highest BCUT2D eigenvalue weighted by Gasteiger charge is 2.35. The summed E-state index contributed by atoms with van der Waals surface area (Å²) in [4.78, 5) is 0.